The molecule has 5 heteroatoms. The number of rotatable bonds is 3. The summed E-state index contributed by atoms with van der Waals surface area (Å²) < 4.78 is 1.90. The molecule has 0 bridgehead atoms. The average Bonchev–Trinajstić information content (AvgIpc) is 2.87. The predicted molar refractivity (Wildman–Crippen MR) is 76.1 cm³/mol. The monoisotopic (exact) mass is 266 g/mol. The molecule has 2 heterocycles. The predicted octanol–water partition coefficient (Wildman–Crippen LogP) is 1.90. The van der Waals surface area contributed by atoms with E-state index in [4.69, 9.17) is 0 Å². The van der Waals surface area contributed by atoms with E-state index in [1.54, 1.807) is 24.8 Å². The fraction of sp³-hybridized carbons (Fsp3) is 0.133. The van der Waals surface area contributed by atoms with E-state index < -0.39 is 0 Å². The number of hydrogen-bond acceptors (Lipinski definition) is 3. The molecule has 0 unspecified atom stereocenters. The molecule has 0 atom stereocenters. The van der Waals surface area contributed by atoms with Gasteiger partial charge in [0.25, 0.3) is 5.91 Å². The highest BCUT2D eigenvalue weighted by molar-refractivity contribution is 5.97. The second kappa shape index (κ2) is 5.13. The molecular formula is C15H14N4O. The van der Waals surface area contributed by atoms with Crippen molar-refractivity contribution in [3.63, 3.8) is 0 Å². The third kappa shape index (κ3) is 2.38. The van der Waals surface area contributed by atoms with Crippen LogP contribution in [-0.2, 0) is 13.6 Å². The van der Waals surface area contributed by atoms with Gasteiger partial charge in [0.1, 0.15) is 0 Å². The van der Waals surface area contributed by atoms with Crippen LogP contribution in [0.5, 0.6) is 0 Å². The number of imidazole rings is 1. The lowest BCUT2D eigenvalue weighted by Gasteiger charge is -2.05. The van der Waals surface area contributed by atoms with Gasteiger partial charge >= 0.3 is 0 Å². The van der Waals surface area contributed by atoms with Crippen molar-refractivity contribution in [2.75, 3.05) is 0 Å². The SMILES string of the molecule is Cn1cnc2ccc(C(=O)NCc3cccnc3)cc21. The van der Waals surface area contributed by atoms with Crippen molar-refractivity contribution >= 4 is 16.9 Å². The van der Waals surface area contributed by atoms with E-state index >= 15 is 0 Å². The number of carbonyl (C=O) groups excluding carboxylic acids is 1. The molecule has 0 saturated heterocycles. The quantitative estimate of drug-likeness (QED) is 0.787. The molecule has 1 N–H and O–H groups in total. The van der Waals surface area contributed by atoms with E-state index in [9.17, 15) is 4.79 Å². The number of nitrogens with zero attached hydrogens (tertiary/aromatic N) is 3. The van der Waals surface area contributed by atoms with Crippen molar-refractivity contribution in [1.82, 2.24) is 19.9 Å². The molecule has 0 radical (unpaired) electrons. The van der Waals surface area contributed by atoms with Crippen LogP contribution in [0.1, 0.15) is 15.9 Å². The number of pyridine rings is 1. The molecule has 100 valence electrons. The van der Waals surface area contributed by atoms with E-state index in [2.05, 4.69) is 15.3 Å². The minimum absolute atomic E-state index is 0.100. The van der Waals surface area contributed by atoms with Crippen molar-refractivity contribution < 1.29 is 4.79 Å². The summed E-state index contributed by atoms with van der Waals surface area (Å²) in [6.45, 7) is 0.468. The number of fused-ring (bicyclic) bond motifs is 1. The first-order chi connectivity index (χ1) is 9.74. The minimum atomic E-state index is -0.100. The summed E-state index contributed by atoms with van der Waals surface area (Å²) in [5.74, 6) is -0.100. The third-order valence-electron chi connectivity index (χ3n) is 3.16. The second-order valence-corrected chi connectivity index (χ2v) is 4.60. The van der Waals surface area contributed by atoms with Crippen molar-refractivity contribution in [3.8, 4) is 0 Å². The fourth-order valence-electron chi connectivity index (χ4n) is 2.05. The molecule has 5 nitrogen and oxygen atoms in total. The molecule has 20 heavy (non-hydrogen) atoms. The van der Waals surface area contributed by atoms with Gasteiger partial charge in [-0.25, -0.2) is 4.98 Å². The Morgan fingerprint density at radius 3 is 3.05 bits per heavy atom. The van der Waals surface area contributed by atoms with Gasteiger partial charge in [0.05, 0.1) is 17.4 Å². The summed E-state index contributed by atoms with van der Waals surface area (Å²) in [4.78, 5) is 20.4. The molecular weight excluding hydrogens is 252 g/mol. The normalized spacial score (nSPS) is 10.7. The first kappa shape index (κ1) is 12.3. The number of aryl methyl sites for hydroxylation is 1. The topological polar surface area (TPSA) is 59.8 Å². The van der Waals surface area contributed by atoms with Gasteiger partial charge in [0, 0.05) is 31.5 Å². The van der Waals surface area contributed by atoms with Crippen LogP contribution in [0.15, 0.2) is 49.1 Å². The van der Waals surface area contributed by atoms with E-state index in [0.29, 0.717) is 12.1 Å². The highest BCUT2D eigenvalue weighted by Crippen LogP contribution is 2.14. The molecule has 1 amide bonds. The van der Waals surface area contributed by atoms with Crippen LogP contribution in [0.2, 0.25) is 0 Å². The van der Waals surface area contributed by atoms with Gasteiger partial charge in [0.2, 0.25) is 0 Å². The molecule has 0 aliphatic carbocycles. The Morgan fingerprint density at radius 1 is 1.35 bits per heavy atom. The van der Waals surface area contributed by atoms with Crippen molar-refractivity contribution in [3.05, 3.63) is 60.2 Å². The summed E-state index contributed by atoms with van der Waals surface area (Å²) in [6.07, 6.45) is 5.19. The van der Waals surface area contributed by atoms with Crippen LogP contribution in [0.3, 0.4) is 0 Å². The second-order valence-electron chi connectivity index (χ2n) is 4.60. The maximum Gasteiger partial charge on any atom is 0.251 e. The Bertz CT molecular complexity index is 749. The van der Waals surface area contributed by atoms with Gasteiger partial charge < -0.3 is 9.88 Å². The molecule has 3 rings (SSSR count). The van der Waals surface area contributed by atoms with Gasteiger partial charge in [-0.2, -0.15) is 0 Å². The van der Waals surface area contributed by atoms with Crippen LogP contribution >= 0.6 is 0 Å². The van der Waals surface area contributed by atoms with Crippen molar-refractivity contribution in [1.29, 1.82) is 0 Å². The number of benzene rings is 1. The maximum atomic E-state index is 12.1. The lowest BCUT2D eigenvalue weighted by molar-refractivity contribution is 0.0951. The highest BCUT2D eigenvalue weighted by Gasteiger charge is 2.08. The number of aromatic nitrogens is 3. The standard InChI is InChI=1S/C15H14N4O/c1-19-10-18-13-5-4-12(7-14(13)19)15(20)17-9-11-3-2-6-16-8-11/h2-8,10H,9H2,1H3,(H,17,20). The van der Waals surface area contributed by atoms with Gasteiger partial charge in [-0.3, -0.25) is 9.78 Å². The smallest absolute Gasteiger partial charge is 0.251 e. The van der Waals surface area contributed by atoms with Gasteiger partial charge in [-0.1, -0.05) is 6.07 Å². The largest absolute Gasteiger partial charge is 0.348 e. The molecule has 0 aliphatic rings. The van der Waals surface area contributed by atoms with E-state index in [0.717, 1.165) is 16.6 Å². The Balaban J connectivity index is 1.77. The highest BCUT2D eigenvalue weighted by atomic mass is 16.1. The maximum absolute atomic E-state index is 12.1. The first-order valence-corrected chi connectivity index (χ1v) is 6.32. The summed E-state index contributed by atoms with van der Waals surface area (Å²) in [5.41, 5.74) is 3.43. The Hall–Kier alpha value is -2.69. The summed E-state index contributed by atoms with van der Waals surface area (Å²) in [5, 5.41) is 2.88. The number of amides is 1. The van der Waals surface area contributed by atoms with Crippen LogP contribution < -0.4 is 5.32 Å². The molecule has 0 fully saturated rings. The lowest BCUT2D eigenvalue weighted by atomic mass is 10.2. The minimum Gasteiger partial charge on any atom is -0.348 e. The number of hydrogen-bond donors (Lipinski definition) is 1. The molecule has 1 aromatic carbocycles. The van der Waals surface area contributed by atoms with Crippen LogP contribution in [0.4, 0.5) is 0 Å². The fourth-order valence-corrected chi connectivity index (χ4v) is 2.05. The third-order valence-corrected chi connectivity index (χ3v) is 3.16. The summed E-state index contributed by atoms with van der Waals surface area (Å²) >= 11 is 0. The van der Waals surface area contributed by atoms with E-state index in [1.807, 2.05) is 35.9 Å². The van der Waals surface area contributed by atoms with E-state index in [1.165, 1.54) is 0 Å². The number of nitrogens with one attached hydrogen (secondary N) is 1. The summed E-state index contributed by atoms with van der Waals surface area (Å²) in [6, 6.07) is 9.27. The zero-order chi connectivity index (χ0) is 13.9. The van der Waals surface area contributed by atoms with Crippen LogP contribution in [0, 0.1) is 0 Å². The first-order valence-electron chi connectivity index (χ1n) is 6.32. The lowest BCUT2D eigenvalue weighted by Crippen LogP contribution is -2.22. The Kier molecular flexibility index (Phi) is 3.16. The van der Waals surface area contributed by atoms with Crippen molar-refractivity contribution in [2.45, 2.75) is 6.54 Å². The zero-order valence-corrected chi connectivity index (χ0v) is 11.1. The van der Waals surface area contributed by atoms with E-state index in [-0.39, 0.29) is 5.91 Å². The van der Waals surface area contributed by atoms with Gasteiger partial charge in [0.15, 0.2) is 0 Å². The molecule has 0 aliphatic heterocycles. The average molecular weight is 266 g/mol. The van der Waals surface area contributed by atoms with Crippen LogP contribution in [0.25, 0.3) is 11.0 Å². The molecule has 3 aromatic rings. The van der Waals surface area contributed by atoms with Gasteiger partial charge in [-0.15, -0.1) is 0 Å². The van der Waals surface area contributed by atoms with Crippen LogP contribution in [-0.4, -0.2) is 20.4 Å². The molecule has 0 spiro atoms. The Labute approximate surface area is 116 Å². The molecule has 0 saturated carbocycles. The molecule has 2 aromatic heterocycles. The summed E-state index contributed by atoms with van der Waals surface area (Å²) in [7, 11) is 1.91. The van der Waals surface area contributed by atoms with Gasteiger partial charge in [-0.05, 0) is 29.8 Å². The Morgan fingerprint density at radius 2 is 2.25 bits per heavy atom. The van der Waals surface area contributed by atoms with Crippen molar-refractivity contribution in [2.24, 2.45) is 7.05 Å². The zero-order valence-electron chi connectivity index (χ0n) is 11.1. The number of carbonyl (C=O) groups is 1.